The van der Waals surface area contributed by atoms with Crippen molar-refractivity contribution in [3.05, 3.63) is 283 Å². The number of hydrogen-bond donors (Lipinski definition) is 7. The molecule has 0 aliphatic carbocycles. The summed E-state index contributed by atoms with van der Waals surface area (Å²) in [4.78, 5) is 39.5. The highest BCUT2D eigenvalue weighted by Gasteiger charge is 2.40. The third-order valence-electron chi connectivity index (χ3n) is 19.4. The highest BCUT2D eigenvalue weighted by atomic mass is 80.0. The average molecular weight is 2500 g/mol. The Bertz CT molecular complexity index is 5830. The predicted molar refractivity (Wildman–Crippen MR) is 604 cm³/mol. The first-order chi connectivity index (χ1) is 64.2. The monoisotopic (exact) mass is 2490 g/mol. The van der Waals surface area contributed by atoms with E-state index in [1.807, 2.05) is 132 Å². The van der Waals surface area contributed by atoms with Crippen LogP contribution < -0.4 is 31.8 Å². The maximum atomic E-state index is 12.8. The lowest BCUT2D eigenvalue weighted by molar-refractivity contribution is 0.0592. The number of sulfone groups is 1. The molecule has 0 amide bonds. The molecule has 48 heteroatoms. The Morgan fingerprint density at radius 2 is 0.695 bits per heavy atom. The first kappa shape index (κ1) is 140. The number of benzene rings is 8. The Balaban J connectivity index is -0.00000152. The topological polar surface area (TPSA) is 517 Å². The normalized spacial score (nSPS) is 13.0. The van der Waals surface area contributed by atoms with Crippen LogP contribution in [0.15, 0.2) is 198 Å². The number of sulfonamides is 4. The molecule has 1 aliphatic rings. The van der Waals surface area contributed by atoms with E-state index in [1.165, 1.54) is 51.5 Å². The Morgan fingerprint density at radius 1 is 0.447 bits per heavy atom. The molecule has 0 aromatic heterocycles. The standard InChI is InChI=1S/C17H31NO2SSi.C16H31N3OSSi.C10H16N2O2S.C9H9BrO2.C9H9ClO4S.C9H11NO4S.C8H10BrNO2S.C8H11NO3S.C4H7BO.C3H8.Br3P.H3N/c1-17(2,3)22(6,7)14-21(19,20)13-16-10-8-9-15(11-16)12-18(4)5;1-16(2,3)22(6,7)18-21(17,20)13-15-10-8-9-14(11-15)12-19(4)5;1-12(2)7-9-4-3-5-10(6-9)8-15(11,13)14;1-12-9(11)8-4-2-3-7(5-8)6-10;2*1-14-9(11)8-4-2-3-7(5-8)6-15(10,12)13;9-5-7-2-1-3-8(4-7)6-13(10,11)12;9-13(11,12)6-8-3-1-2-7(4-8)5-10;5-4-2-1-3-6-4;1-3-2;1-4(2)3;/h8-11H,12-14H2,1-7H3;8-11H,12-13H2,1-7H3,(H2,17,18,20);3-6H,7-8H2,1-2H3,(H2,11,13,14);2-5H,6H2,1H3;2-5H,6H2,1H3;2-5H,6H2,1H3,(H2,10,12,13);1-4H,5-6H2,(H2,10,11,12);1-4,10H,5-6H2,(H2,9,11,12);4H,1-3H2;3H2,1-2H3;;1H3. The van der Waals surface area contributed by atoms with Crippen LogP contribution in [0.5, 0.6) is 0 Å². The summed E-state index contributed by atoms with van der Waals surface area (Å²) in [7, 11) is -0.819. The van der Waals surface area contributed by atoms with Crippen molar-refractivity contribution in [2.75, 3.05) is 75.6 Å². The maximum Gasteiger partial charge on any atom is 0.337 e. The number of carbonyl (C=O) groups excluding carboxylic acids is 3. The minimum absolute atomic E-state index is 0. The fraction of sp³-hybridized carbons (Fsp3) is 0.452. The minimum atomic E-state index is -3.61. The summed E-state index contributed by atoms with van der Waals surface area (Å²) in [5.74, 6) is -1.84. The van der Waals surface area contributed by atoms with Crippen molar-refractivity contribution in [3.8, 4) is 0 Å². The van der Waals surface area contributed by atoms with E-state index in [-0.39, 0.29) is 73.4 Å². The second-order valence-electron chi connectivity index (χ2n) is 36.1. The van der Waals surface area contributed by atoms with E-state index in [2.05, 4.69) is 200 Å². The van der Waals surface area contributed by atoms with Gasteiger partial charge in [-0.1, -0.05) is 264 Å². The van der Waals surface area contributed by atoms with E-state index in [0.717, 1.165) is 88.9 Å². The number of hydrogen-bond acceptors (Lipinski definition) is 26. The molecule has 9 rings (SSSR count). The van der Waals surface area contributed by atoms with Crippen molar-refractivity contribution in [1.82, 2.24) is 20.9 Å². The summed E-state index contributed by atoms with van der Waals surface area (Å²) in [5, 5.41) is 36.4. The van der Waals surface area contributed by atoms with Crippen molar-refractivity contribution >= 4 is 204 Å². The van der Waals surface area contributed by atoms with Gasteiger partial charge in [-0.2, -0.15) is 0 Å². The Morgan fingerprint density at radius 3 is 0.943 bits per heavy atom. The minimum Gasteiger partial charge on any atom is -0.465 e. The molecule has 0 bridgehead atoms. The second-order valence-corrected chi connectivity index (χ2v) is 77.0. The molecule has 0 saturated carbocycles. The third kappa shape index (κ3) is 71.3. The molecule has 141 heavy (non-hydrogen) atoms. The lowest BCUT2D eigenvalue weighted by atomic mass is 9.98. The highest BCUT2D eigenvalue weighted by Crippen LogP contribution is 2.59. The van der Waals surface area contributed by atoms with Crippen LogP contribution in [0.2, 0.25) is 36.3 Å². The lowest BCUT2D eigenvalue weighted by Crippen LogP contribution is -2.44. The summed E-state index contributed by atoms with van der Waals surface area (Å²) in [6, 6.07) is 57.1. The average Bonchev–Trinajstić information content (AvgIpc) is 0.881. The van der Waals surface area contributed by atoms with Crippen LogP contribution in [-0.4, -0.2) is 198 Å². The van der Waals surface area contributed by atoms with E-state index in [4.69, 9.17) is 54.1 Å². The van der Waals surface area contributed by atoms with Crippen molar-refractivity contribution in [2.24, 2.45) is 29.7 Å². The number of alkyl halides is 2. The van der Waals surface area contributed by atoms with Crippen molar-refractivity contribution in [1.29, 1.82) is 0 Å². The largest absolute Gasteiger partial charge is 0.465 e. The van der Waals surface area contributed by atoms with Gasteiger partial charge in [0.2, 0.25) is 49.1 Å². The number of aliphatic hydroxyl groups excluding tert-OH is 1. The van der Waals surface area contributed by atoms with Gasteiger partial charge < -0.3 is 44.9 Å². The number of nitrogens with zero attached hydrogens (tertiary/aromatic N) is 4. The molecule has 2 unspecified atom stereocenters. The van der Waals surface area contributed by atoms with Crippen LogP contribution in [0.3, 0.4) is 0 Å². The van der Waals surface area contributed by atoms with Gasteiger partial charge >= 0.3 is 17.9 Å². The number of ether oxygens (including phenoxy) is 4. The molecule has 1 heterocycles. The number of carbonyl (C=O) groups is 3. The zero-order chi connectivity index (χ0) is 108. The van der Waals surface area contributed by atoms with Crippen LogP contribution in [0.4, 0.5) is 0 Å². The molecule has 8 aromatic rings. The SMILES string of the molecule is BrP(Br)Br.CCC.CN(C)Cc1cccc(CS(=O)(=O)C[Si](C)(C)C(C)(C)C)c1.CN(C)Cc1cccc(CS(N)(=O)=N[Si](C)(C)C(C)(C)C)c1.CN(C)Cc1cccc(CS(N)(=O)=O)c1.COC(=O)c1cccc(CBr)c1.COC(=O)c1cccc(CS(=O)(=O)Cl)c1.COC(=O)c1cccc(CS(N)(=O)=O)c1.N.NS(=O)(=O)Cc1cccc(CBr)c1.NS(=O)(=O)Cc1cccc(CO)c1.[B]C1CCCO1. The molecular weight excluding hydrogens is 2350 g/mol. The Hall–Kier alpha value is -5.00. The van der Waals surface area contributed by atoms with Crippen LogP contribution in [0.25, 0.3) is 0 Å². The van der Waals surface area contributed by atoms with E-state index in [1.54, 1.807) is 78.9 Å². The van der Waals surface area contributed by atoms with Gasteiger partial charge in [-0.25, -0.2) is 94.8 Å². The predicted octanol–water partition coefficient (Wildman–Crippen LogP) is 18.6. The number of halogens is 6. The van der Waals surface area contributed by atoms with Gasteiger partial charge in [0.1, 0.15) is 21.8 Å². The number of aliphatic hydroxyl groups is 1. The zero-order valence-corrected chi connectivity index (χ0v) is 102. The molecular formula is C93H146BBr5ClN10O21PS7Si2. The fourth-order valence-corrected chi connectivity index (χ4v) is 28.0. The Labute approximate surface area is 891 Å². The Kier molecular flexibility index (Phi) is 68.2. The van der Waals surface area contributed by atoms with Crippen molar-refractivity contribution in [3.63, 3.8) is 0 Å². The summed E-state index contributed by atoms with van der Waals surface area (Å²) >= 11 is 16.1. The summed E-state index contributed by atoms with van der Waals surface area (Å²) in [5.41, 5.74) is 12.3. The number of methoxy groups -OCH3 is 3. The first-order valence-electron chi connectivity index (χ1n) is 43.1. The molecule has 14 N–H and O–H groups in total. The highest BCUT2D eigenvalue weighted by molar-refractivity contribution is 9.93. The van der Waals surface area contributed by atoms with Gasteiger partial charge in [0.15, 0.2) is 18.1 Å². The zero-order valence-electron chi connectivity index (χ0n) is 84.4. The summed E-state index contributed by atoms with van der Waals surface area (Å²) in [6.45, 7) is 29.0. The molecule has 1 aliphatic heterocycles. The van der Waals surface area contributed by atoms with E-state index < -0.39 is 97.1 Å². The van der Waals surface area contributed by atoms with E-state index in [0.29, 0.717) is 55.4 Å². The number of nitrogens with two attached hydrogens (primary N) is 5. The number of primary sulfonamides is 4. The van der Waals surface area contributed by atoms with Gasteiger partial charge in [-0.15, -0.1) is 0 Å². The summed E-state index contributed by atoms with van der Waals surface area (Å²) < 4.78 is 169. The molecule has 2 radical (unpaired) electrons. The van der Waals surface area contributed by atoms with Crippen LogP contribution in [0.1, 0.15) is 178 Å². The quantitative estimate of drug-likeness (QED) is 0.00572. The van der Waals surface area contributed by atoms with E-state index >= 15 is 0 Å². The van der Waals surface area contributed by atoms with Gasteiger partial charge in [0.25, 0.3) is 0 Å². The van der Waals surface area contributed by atoms with Crippen LogP contribution >= 0.6 is 93.0 Å². The van der Waals surface area contributed by atoms with Gasteiger partial charge in [-0.3, -0.25) is 4.03 Å². The smallest absolute Gasteiger partial charge is 0.337 e. The molecule has 31 nitrogen and oxygen atoms in total. The lowest BCUT2D eigenvalue weighted by Gasteiger charge is -2.36. The number of rotatable bonds is 29. The van der Waals surface area contributed by atoms with Crippen LogP contribution in [0, 0.1) is 0 Å². The van der Waals surface area contributed by atoms with Gasteiger partial charge in [0.05, 0.1) is 93.0 Å². The maximum absolute atomic E-state index is 12.8. The summed E-state index contributed by atoms with van der Waals surface area (Å²) in [6.07, 6.45) is 3.43. The van der Waals surface area contributed by atoms with Gasteiger partial charge in [-0.05, 0) is 233 Å². The molecule has 1 fully saturated rings. The molecule has 1 saturated heterocycles. The fourth-order valence-electron chi connectivity index (χ4n) is 11.5. The van der Waals surface area contributed by atoms with Gasteiger partial charge in [0, 0.05) is 59.0 Å². The first-order valence-corrected chi connectivity index (χ1v) is 71.8. The van der Waals surface area contributed by atoms with Crippen molar-refractivity contribution in [2.45, 2.75) is 194 Å². The van der Waals surface area contributed by atoms with Crippen LogP contribution in [-0.2, 0) is 165 Å². The third-order valence-corrected chi connectivity index (χ3v) is 41.6. The molecule has 794 valence electrons. The molecule has 8 aromatic carbocycles. The van der Waals surface area contributed by atoms with Crippen molar-refractivity contribution < 1.29 is 93.2 Å². The second kappa shape index (κ2) is 68.6. The van der Waals surface area contributed by atoms with E-state index in [9.17, 15) is 69.1 Å². The molecule has 2 atom stereocenters. The molecule has 0 spiro atoms. The number of esters is 3.